The van der Waals surface area contributed by atoms with Crippen LogP contribution in [0.2, 0.25) is 0 Å². The Labute approximate surface area is 90.4 Å². The summed E-state index contributed by atoms with van der Waals surface area (Å²) in [6, 6.07) is 0. The third kappa shape index (κ3) is 4.98. The number of aliphatic hydroxyl groups excluding tert-OH is 1. The molecular weight excluding hydrogens is 445 g/mol. The highest BCUT2D eigenvalue weighted by molar-refractivity contribution is 14.1. The summed E-state index contributed by atoms with van der Waals surface area (Å²) in [6.07, 6.45) is 1.10. The molecule has 2 atom stereocenters. The first kappa shape index (κ1) is 10.2. The Hall–Kier alpha value is 2.15. The highest BCUT2D eigenvalue weighted by Crippen LogP contribution is 2.16. The second-order valence-electron chi connectivity index (χ2n) is 1.37. The standard InChI is InChI=1S/C4H7I3O/c5-2-1-3(6)4(7)8/h3-4,8H,1-2H2. The van der Waals surface area contributed by atoms with Crippen molar-refractivity contribution in [3.05, 3.63) is 0 Å². The van der Waals surface area contributed by atoms with Crippen LogP contribution in [0, 0.1) is 0 Å². The van der Waals surface area contributed by atoms with E-state index in [2.05, 4.69) is 45.2 Å². The maximum absolute atomic E-state index is 8.93. The van der Waals surface area contributed by atoms with Crippen molar-refractivity contribution in [1.29, 1.82) is 0 Å². The van der Waals surface area contributed by atoms with Crippen LogP contribution in [0.25, 0.3) is 0 Å². The first-order valence-corrected chi connectivity index (χ1v) is 6.22. The zero-order valence-electron chi connectivity index (χ0n) is 4.15. The van der Waals surface area contributed by atoms with Gasteiger partial charge in [0.2, 0.25) is 0 Å². The molecule has 0 fully saturated rings. The summed E-state index contributed by atoms with van der Waals surface area (Å²) in [5, 5.41) is 8.93. The zero-order chi connectivity index (χ0) is 6.57. The van der Waals surface area contributed by atoms with E-state index in [1.54, 1.807) is 0 Å². The molecule has 0 rings (SSSR count). The maximum Gasteiger partial charge on any atom is 0.117 e. The molecule has 0 bridgehead atoms. The fraction of sp³-hybridized carbons (Fsp3) is 1.00. The third-order valence-electron chi connectivity index (χ3n) is 0.683. The van der Waals surface area contributed by atoms with E-state index in [-0.39, 0.29) is 4.11 Å². The first-order valence-electron chi connectivity index (χ1n) is 2.20. The lowest BCUT2D eigenvalue weighted by Crippen LogP contribution is -2.12. The molecular formula is C4H7I3O. The van der Waals surface area contributed by atoms with Crippen LogP contribution in [0.15, 0.2) is 0 Å². The van der Waals surface area contributed by atoms with Gasteiger partial charge in [0.25, 0.3) is 0 Å². The number of halogens is 3. The Morgan fingerprint density at radius 1 is 1.38 bits per heavy atom. The minimum Gasteiger partial charge on any atom is -0.382 e. The fourth-order valence-electron chi connectivity index (χ4n) is 0.242. The number of rotatable bonds is 3. The predicted molar refractivity (Wildman–Crippen MR) is 61.3 cm³/mol. The van der Waals surface area contributed by atoms with Gasteiger partial charge in [-0.1, -0.05) is 67.8 Å². The van der Waals surface area contributed by atoms with Gasteiger partial charge in [-0.15, -0.1) is 0 Å². The predicted octanol–water partition coefficient (Wildman–Crippen LogP) is 2.37. The smallest absolute Gasteiger partial charge is 0.117 e. The number of hydrogen-bond acceptors (Lipinski definition) is 1. The van der Waals surface area contributed by atoms with Gasteiger partial charge >= 0.3 is 0 Å². The first-order chi connectivity index (χ1) is 3.68. The van der Waals surface area contributed by atoms with Gasteiger partial charge in [0.1, 0.15) is 4.11 Å². The van der Waals surface area contributed by atoms with E-state index in [0.29, 0.717) is 3.92 Å². The summed E-state index contributed by atoms with van der Waals surface area (Å²) in [7, 11) is 0. The van der Waals surface area contributed by atoms with Crippen LogP contribution in [0.5, 0.6) is 0 Å². The van der Waals surface area contributed by atoms with Crippen molar-refractivity contribution in [3.63, 3.8) is 0 Å². The van der Waals surface area contributed by atoms with Gasteiger partial charge in [-0.05, 0) is 6.42 Å². The zero-order valence-corrected chi connectivity index (χ0v) is 10.6. The lowest BCUT2D eigenvalue weighted by atomic mass is 10.4. The second-order valence-corrected chi connectivity index (χ2v) is 5.32. The van der Waals surface area contributed by atoms with Crippen LogP contribution in [-0.2, 0) is 0 Å². The summed E-state index contributed by atoms with van der Waals surface area (Å²) < 4.78 is 1.37. The summed E-state index contributed by atoms with van der Waals surface area (Å²) in [4.78, 5) is 0. The maximum atomic E-state index is 8.93. The van der Waals surface area contributed by atoms with Crippen molar-refractivity contribution in [1.82, 2.24) is 0 Å². The van der Waals surface area contributed by atoms with Gasteiger partial charge in [0.15, 0.2) is 0 Å². The Morgan fingerprint density at radius 2 is 1.88 bits per heavy atom. The van der Waals surface area contributed by atoms with Crippen LogP contribution in [0.1, 0.15) is 6.42 Å². The molecule has 0 aromatic carbocycles. The van der Waals surface area contributed by atoms with Crippen LogP contribution < -0.4 is 0 Å². The Kier molecular flexibility index (Phi) is 7.48. The van der Waals surface area contributed by atoms with Gasteiger partial charge in [-0.25, -0.2) is 0 Å². The van der Waals surface area contributed by atoms with Crippen molar-refractivity contribution >= 4 is 67.8 Å². The average Bonchev–Trinajstić information content (AvgIpc) is 1.67. The molecule has 0 saturated carbocycles. The quantitative estimate of drug-likeness (QED) is 0.516. The van der Waals surface area contributed by atoms with Crippen molar-refractivity contribution in [2.75, 3.05) is 4.43 Å². The van der Waals surface area contributed by atoms with E-state index in [1.165, 1.54) is 0 Å². The molecule has 0 aliphatic carbocycles. The van der Waals surface area contributed by atoms with E-state index in [0.717, 1.165) is 10.8 Å². The van der Waals surface area contributed by atoms with E-state index >= 15 is 0 Å². The number of aliphatic hydroxyl groups is 1. The van der Waals surface area contributed by atoms with Crippen molar-refractivity contribution in [3.8, 4) is 0 Å². The third-order valence-corrected chi connectivity index (χ3v) is 4.85. The Balaban J connectivity index is 3.17. The largest absolute Gasteiger partial charge is 0.382 e. The molecule has 0 radical (unpaired) electrons. The highest BCUT2D eigenvalue weighted by Gasteiger charge is 2.09. The van der Waals surface area contributed by atoms with Crippen LogP contribution in [0.3, 0.4) is 0 Å². The van der Waals surface area contributed by atoms with Crippen LogP contribution in [-0.4, -0.2) is 17.6 Å². The summed E-state index contributed by atoms with van der Waals surface area (Å²) >= 11 is 6.62. The van der Waals surface area contributed by atoms with Gasteiger partial charge in [0.05, 0.1) is 0 Å². The molecule has 0 amide bonds. The molecule has 50 valence electrons. The molecule has 0 aliphatic heterocycles. The molecule has 8 heavy (non-hydrogen) atoms. The Morgan fingerprint density at radius 3 is 2.00 bits per heavy atom. The molecule has 1 N–H and O–H groups in total. The van der Waals surface area contributed by atoms with E-state index in [1.807, 2.05) is 22.6 Å². The normalized spacial score (nSPS) is 18.0. The number of alkyl halides is 3. The molecule has 2 unspecified atom stereocenters. The van der Waals surface area contributed by atoms with Gasteiger partial charge in [0, 0.05) is 8.35 Å². The van der Waals surface area contributed by atoms with E-state index in [4.69, 9.17) is 5.11 Å². The summed E-state index contributed by atoms with van der Waals surface area (Å²) in [5.74, 6) is 0. The van der Waals surface area contributed by atoms with Crippen molar-refractivity contribution in [2.24, 2.45) is 0 Å². The van der Waals surface area contributed by atoms with Gasteiger partial charge in [-0.3, -0.25) is 0 Å². The molecule has 0 saturated heterocycles. The monoisotopic (exact) mass is 452 g/mol. The minimum atomic E-state index is -0.178. The molecule has 1 nitrogen and oxygen atoms in total. The lowest BCUT2D eigenvalue weighted by molar-refractivity contribution is 0.279. The van der Waals surface area contributed by atoms with E-state index in [9.17, 15) is 0 Å². The van der Waals surface area contributed by atoms with Crippen LogP contribution in [0.4, 0.5) is 0 Å². The van der Waals surface area contributed by atoms with Gasteiger partial charge < -0.3 is 5.11 Å². The highest BCUT2D eigenvalue weighted by atomic mass is 127. The van der Waals surface area contributed by atoms with Gasteiger partial charge in [-0.2, -0.15) is 0 Å². The topological polar surface area (TPSA) is 20.2 Å². The van der Waals surface area contributed by atoms with E-state index < -0.39 is 0 Å². The number of hydrogen-bond donors (Lipinski definition) is 1. The molecule has 0 aromatic heterocycles. The minimum absolute atomic E-state index is 0.178. The molecule has 0 spiro atoms. The average molecular weight is 452 g/mol. The molecule has 0 heterocycles. The lowest BCUT2D eigenvalue weighted by Gasteiger charge is -2.07. The Bertz CT molecular complexity index is 57.2. The van der Waals surface area contributed by atoms with Crippen LogP contribution >= 0.6 is 67.8 Å². The fourth-order valence-corrected chi connectivity index (χ4v) is 2.78. The SMILES string of the molecule is OC(I)C(I)CCI. The molecule has 0 aromatic rings. The van der Waals surface area contributed by atoms with Crippen molar-refractivity contribution in [2.45, 2.75) is 14.5 Å². The molecule has 0 aliphatic rings. The summed E-state index contributed by atoms with van der Waals surface area (Å²) in [6.45, 7) is 0. The summed E-state index contributed by atoms with van der Waals surface area (Å²) in [5.41, 5.74) is 0. The van der Waals surface area contributed by atoms with Crippen molar-refractivity contribution < 1.29 is 5.11 Å². The molecule has 4 heteroatoms. The second kappa shape index (κ2) is 5.90.